The summed E-state index contributed by atoms with van der Waals surface area (Å²) in [5.41, 5.74) is 7.75. The summed E-state index contributed by atoms with van der Waals surface area (Å²) >= 11 is 0. The molecule has 0 amide bonds. The van der Waals surface area contributed by atoms with Crippen LogP contribution in [0.25, 0.3) is 0 Å². The molecule has 78 valence electrons. The first-order chi connectivity index (χ1) is 6.84. The van der Waals surface area contributed by atoms with Crippen molar-refractivity contribution in [2.45, 2.75) is 19.4 Å². The highest BCUT2D eigenvalue weighted by Gasteiger charge is 1.95. The number of aliphatic hydroxyl groups excluding tert-OH is 1. The molecule has 0 unspecified atom stereocenters. The molecule has 0 aliphatic carbocycles. The number of benzene rings is 1. The fourth-order valence-electron chi connectivity index (χ4n) is 1.28. The molecule has 0 aromatic heterocycles. The lowest BCUT2D eigenvalue weighted by Crippen LogP contribution is -2.15. The van der Waals surface area contributed by atoms with Gasteiger partial charge in [-0.15, -0.1) is 0 Å². The third kappa shape index (κ3) is 3.77. The second-order valence-corrected chi connectivity index (χ2v) is 3.31. The normalized spacial score (nSPS) is 10.4. The van der Waals surface area contributed by atoms with Crippen molar-refractivity contribution in [3.05, 3.63) is 29.8 Å². The van der Waals surface area contributed by atoms with Crippen molar-refractivity contribution < 1.29 is 5.11 Å². The van der Waals surface area contributed by atoms with Gasteiger partial charge in [-0.1, -0.05) is 18.2 Å². The van der Waals surface area contributed by atoms with E-state index in [-0.39, 0.29) is 6.61 Å². The summed E-state index contributed by atoms with van der Waals surface area (Å²) < 4.78 is 0. The van der Waals surface area contributed by atoms with E-state index in [4.69, 9.17) is 10.8 Å². The average Bonchev–Trinajstić information content (AvgIpc) is 2.20. The van der Waals surface area contributed by atoms with Crippen LogP contribution < -0.4 is 11.1 Å². The van der Waals surface area contributed by atoms with Crippen molar-refractivity contribution in [2.24, 2.45) is 0 Å². The minimum atomic E-state index is 0.273. The van der Waals surface area contributed by atoms with Crippen LogP contribution in [-0.4, -0.2) is 18.3 Å². The molecule has 0 saturated carbocycles. The maximum atomic E-state index is 8.58. The zero-order valence-electron chi connectivity index (χ0n) is 8.37. The molecule has 0 saturated heterocycles. The van der Waals surface area contributed by atoms with Crippen LogP contribution >= 0.6 is 0 Å². The molecule has 1 aromatic carbocycles. The Bertz CT molecular complexity index is 263. The van der Waals surface area contributed by atoms with Gasteiger partial charge in [-0.2, -0.15) is 0 Å². The summed E-state index contributed by atoms with van der Waals surface area (Å²) in [4.78, 5) is 0. The predicted octanol–water partition coefficient (Wildman–Crippen LogP) is 1.13. The molecule has 0 aliphatic rings. The lowest BCUT2D eigenvalue weighted by Gasteiger charge is -2.06. The van der Waals surface area contributed by atoms with E-state index in [0.29, 0.717) is 0 Å². The number of aliphatic hydroxyl groups is 1. The molecule has 1 aromatic rings. The van der Waals surface area contributed by atoms with Crippen molar-refractivity contribution in [3.63, 3.8) is 0 Å². The third-order valence-electron chi connectivity index (χ3n) is 2.13. The number of nitrogen functional groups attached to an aromatic ring is 1. The van der Waals surface area contributed by atoms with Crippen molar-refractivity contribution in [1.82, 2.24) is 5.32 Å². The Kier molecular flexibility index (Phi) is 5.04. The molecule has 3 nitrogen and oxygen atoms in total. The van der Waals surface area contributed by atoms with Crippen molar-refractivity contribution in [2.75, 3.05) is 18.9 Å². The highest BCUT2D eigenvalue weighted by atomic mass is 16.2. The summed E-state index contributed by atoms with van der Waals surface area (Å²) in [6.45, 7) is 2.00. The van der Waals surface area contributed by atoms with Crippen molar-refractivity contribution in [3.8, 4) is 0 Å². The van der Waals surface area contributed by atoms with Crippen molar-refractivity contribution in [1.29, 1.82) is 0 Å². The molecule has 0 bridgehead atoms. The molecule has 0 spiro atoms. The second kappa shape index (κ2) is 6.40. The predicted molar refractivity (Wildman–Crippen MR) is 58.9 cm³/mol. The lowest BCUT2D eigenvalue weighted by atomic mass is 10.2. The Morgan fingerprint density at radius 2 is 2.00 bits per heavy atom. The molecule has 4 N–H and O–H groups in total. The van der Waals surface area contributed by atoms with Crippen LogP contribution in [0.5, 0.6) is 0 Å². The zero-order valence-corrected chi connectivity index (χ0v) is 8.37. The molecule has 0 fully saturated rings. The van der Waals surface area contributed by atoms with Gasteiger partial charge in [0.2, 0.25) is 0 Å². The Morgan fingerprint density at radius 1 is 1.21 bits per heavy atom. The van der Waals surface area contributed by atoms with Crippen LogP contribution in [0.1, 0.15) is 18.4 Å². The van der Waals surface area contributed by atoms with E-state index in [1.54, 1.807) is 0 Å². The lowest BCUT2D eigenvalue weighted by molar-refractivity contribution is 0.283. The Balaban J connectivity index is 2.21. The number of rotatable bonds is 6. The standard InChI is InChI=1S/C11H18N2O/c12-11-6-2-1-5-10(11)9-13-7-3-4-8-14/h1-2,5-6,13-14H,3-4,7-9,12H2. The van der Waals surface area contributed by atoms with Gasteiger partial charge in [0.05, 0.1) is 0 Å². The Labute approximate surface area is 84.9 Å². The zero-order chi connectivity index (χ0) is 10.2. The highest BCUT2D eigenvalue weighted by molar-refractivity contribution is 5.46. The Hall–Kier alpha value is -1.06. The number of nitrogens with one attached hydrogen (secondary N) is 1. The van der Waals surface area contributed by atoms with Crippen LogP contribution in [0.3, 0.4) is 0 Å². The van der Waals surface area contributed by atoms with E-state index in [9.17, 15) is 0 Å². The number of anilines is 1. The van der Waals surface area contributed by atoms with E-state index in [0.717, 1.165) is 37.2 Å². The Morgan fingerprint density at radius 3 is 2.71 bits per heavy atom. The van der Waals surface area contributed by atoms with Gasteiger partial charge in [-0.05, 0) is 31.0 Å². The number of hydrogen-bond donors (Lipinski definition) is 3. The van der Waals surface area contributed by atoms with Crippen LogP contribution in [0, 0.1) is 0 Å². The van der Waals surface area contributed by atoms with E-state index in [2.05, 4.69) is 5.32 Å². The largest absolute Gasteiger partial charge is 0.398 e. The van der Waals surface area contributed by atoms with Gasteiger partial charge in [-0.3, -0.25) is 0 Å². The first-order valence-corrected chi connectivity index (χ1v) is 4.99. The number of unbranched alkanes of at least 4 members (excludes halogenated alkanes) is 1. The van der Waals surface area contributed by atoms with E-state index >= 15 is 0 Å². The van der Waals surface area contributed by atoms with E-state index in [1.165, 1.54) is 0 Å². The van der Waals surface area contributed by atoms with Crippen LogP contribution in [0.4, 0.5) is 5.69 Å². The number of nitrogens with two attached hydrogens (primary N) is 1. The molecular weight excluding hydrogens is 176 g/mol. The molecule has 0 heterocycles. The quantitative estimate of drug-likeness (QED) is 0.470. The van der Waals surface area contributed by atoms with E-state index in [1.807, 2.05) is 24.3 Å². The first-order valence-electron chi connectivity index (χ1n) is 4.99. The first kappa shape index (κ1) is 11.0. The fourth-order valence-corrected chi connectivity index (χ4v) is 1.28. The highest BCUT2D eigenvalue weighted by Crippen LogP contribution is 2.09. The third-order valence-corrected chi connectivity index (χ3v) is 2.13. The summed E-state index contributed by atoms with van der Waals surface area (Å²) in [6.07, 6.45) is 1.86. The topological polar surface area (TPSA) is 58.3 Å². The molecule has 14 heavy (non-hydrogen) atoms. The monoisotopic (exact) mass is 194 g/mol. The number of para-hydroxylation sites is 1. The minimum absolute atomic E-state index is 0.273. The molecule has 0 radical (unpaired) electrons. The maximum Gasteiger partial charge on any atom is 0.0431 e. The molecule has 3 heteroatoms. The molecule has 1 rings (SSSR count). The molecule has 0 atom stereocenters. The smallest absolute Gasteiger partial charge is 0.0431 e. The molecule has 0 aliphatic heterocycles. The fraction of sp³-hybridized carbons (Fsp3) is 0.455. The van der Waals surface area contributed by atoms with Crippen LogP contribution in [0.2, 0.25) is 0 Å². The summed E-state index contributed by atoms with van der Waals surface area (Å²) in [7, 11) is 0. The summed E-state index contributed by atoms with van der Waals surface area (Å²) in [5, 5.41) is 11.9. The van der Waals surface area contributed by atoms with Gasteiger partial charge >= 0.3 is 0 Å². The van der Waals surface area contributed by atoms with Gasteiger partial charge in [-0.25, -0.2) is 0 Å². The van der Waals surface area contributed by atoms with Gasteiger partial charge in [0.15, 0.2) is 0 Å². The van der Waals surface area contributed by atoms with Crippen LogP contribution in [0.15, 0.2) is 24.3 Å². The number of hydrogen-bond acceptors (Lipinski definition) is 3. The molecular formula is C11H18N2O. The minimum Gasteiger partial charge on any atom is -0.398 e. The average molecular weight is 194 g/mol. The summed E-state index contributed by atoms with van der Waals surface area (Å²) in [6, 6.07) is 7.85. The van der Waals surface area contributed by atoms with Crippen molar-refractivity contribution >= 4 is 5.69 Å². The summed E-state index contributed by atoms with van der Waals surface area (Å²) in [5.74, 6) is 0. The maximum absolute atomic E-state index is 8.58. The second-order valence-electron chi connectivity index (χ2n) is 3.31. The van der Waals surface area contributed by atoms with E-state index < -0.39 is 0 Å². The van der Waals surface area contributed by atoms with Gasteiger partial charge in [0, 0.05) is 18.8 Å². The van der Waals surface area contributed by atoms with Gasteiger partial charge in [0.1, 0.15) is 0 Å². The SMILES string of the molecule is Nc1ccccc1CNCCCCO. The van der Waals surface area contributed by atoms with Gasteiger partial charge in [0.25, 0.3) is 0 Å². The van der Waals surface area contributed by atoms with Crippen LogP contribution in [-0.2, 0) is 6.54 Å². The van der Waals surface area contributed by atoms with Gasteiger partial charge < -0.3 is 16.2 Å².